The van der Waals surface area contributed by atoms with Gasteiger partial charge in [0.2, 0.25) is 19.9 Å². The van der Waals surface area contributed by atoms with E-state index in [1.807, 2.05) is 33.1 Å². The zero-order valence-corrected chi connectivity index (χ0v) is 44.0. The zero-order valence-electron chi connectivity index (χ0n) is 36.1. The van der Waals surface area contributed by atoms with Gasteiger partial charge in [0.15, 0.2) is 18.5 Å². The predicted molar refractivity (Wildman–Crippen MR) is 271 cm³/mol. The van der Waals surface area contributed by atoms with Crippen LogP contribution >= 0.6 is 92.6 Å². The molecule has 18 nitrogen and oxygen atoms in total. The molecule has 0 fully saturated rings. The van der Waals surface area contributed by atoms with Gasteiger partial charge in [-0.25, -0.2) is 16.8 Å². The average Bonchev–Trinajstić information content (AvgIpc) is 4.07. The fourth-order valence-corrected chi connectivity index (χ4v) is 13.5. The SMILES string of the molecule is CN(C)CCN.CN(C)CCNC1CS(=O)(=O)c2cc(NC(=O)c3nnc(Sc4c(Cl)cncc4Cl)s3)ccc21.O=C(Nc1ccc2c(c1)S(=O)(=O)C=C2)c1nnc(Sc2c(Cl)cncc2Cl)s1. The Morgan fingerprint density at radius 1 is 0.721 bits per heavy atom. The molecule has 0 aliphatic carbocycles. The van der Waals surface area contributed by atoms with Gasteiger partial charge in [-0.05, 0) is 69.7 Å². The van der Waals surface area contributed by atoms with Gasteiger partial charge in [-0.3, -0.25) is 19.6 Å². The number of sulfone groups is 2. The molecule has 0 spiro atoms. The summed E-state index contributed by atoms with van der Waals surface area (Å²) < 4.78 is 50.2. The third kappa shape index (κ3) is 14.1. The van der Waals surface area contributed by atoms with Crippen LogP contribution < -0.4 is 21.7 Å². The minimum Gasteiger partial charge on any atom is -0.329 e. The van der Waals surface area contributed by atoms with Crippen molar-refractivity contribution in [3.8, 4) is 0 Å². The van der Waals surface area contributed by atoms with Crippen molar-refractivity contribution in [2.45, 2.75) is 34.3 Å². The van der Waals surface area contributed by atoms with E-state index in [0.717, 1.165) is 47.7 Å². The van der Waals surface area contributed by atoms with Gasteiger partial charge in [-0.1, -0.05) is 105 Å². The molecule has 28 heteroatoms. The highest BCUT2D eigenvalue weighted by Gasteiger charge is 2.35. The number of nitrogens with one attached hydrogen (secondary N) is 3. The molecule has 360 valence electrons. The second-order valence-corrected chi connectivity index (χ2v) is 24.7. The lowest BCUT2D eigenvalue weighted by Crippen LogP contribution is -2.30. The van der Waals surface area contributed by atoms with Crippen LogP contribution in [0.4, 0.5) is 11.4 Å². The summed E-state index contributed by atoms with van der Waals surface area (Å²) in [4.78, 5) is 38.5. The number of pyridine rings is 2. The maximum atomic E-state index is 12.7. The molecule has 2 aliphatic rings. The van der Waals surface area contributed by atoms with Crippen LogP contribution in [0.25, 0.3) is 6.08 Å². The van der Waals surface area contributed by atoms with E-state index in [4.69, 9.17) is 52.1 Å². The Kier molecular flexibility index (Phi) is 18.7. The monoisotopic (exact) mass is 1120 g/mol. The van der Waals surface area contributed by atoms with Crippen LogP contribution in [-0.2, 0) is 19.7 Å². The van der Waals surface area contributed by atoms with E-state index in [-0.39, 0.29) is 31.6 Å². The van der Waals surface area contributed by atoms with Gasteiger partial charge in [0.05, 0.1) is 45.4 Å². The Morgan fingerprint density at radius 2 is 1.21 bits per heavy atom. The summed E-state index contributed by atoms with van der Waals surface area (Å²) >= 11 is 28.9. The van der Waals surface area contributed by atoms with E-state index in [1.54, 1.807) is 24.3 Å². The second kappa shape index (κ2) is 23.8. The van der Waals surface area contributed by atoms with Gasteiger partial charge < -0.3 is 31.5 Å². The van der Waals surface area contributed by atoms with Crippen LogP contribution in [0, 0.1) is 0 Å². The number of aromatic nitrogens is 6. The summed E-state index contributed by atoms with van der Waals surface area (Å²) in [5.41, 5.74) is 7.19. The molecule has 8 rings (SSSR count). The number of rotatable bonds is 14. The number of benzene rings is 2. The normalized spacial score (nSPS) is 15.0. The van der Waals surface area contributed by atoms with Gasteiger partial charge in [-0.15, -0.1) is 20.4 Å². The number of likely N-dealkylation sites (N-methyl/N-ethyl adjacent to an activating group) is 2. The first-order valence-electron chi connectivity index (χ1n) is 19.6. The van der Waals surface area contributed by atoms with Crippen molar-refractivity contribution < 1.29 is 26.4 Å². The molecule has 0 saturated heterocycles. The van der Waals surface area contributed by atoms with Crippen LogP contribution in [0.1, 0.15) is 36.8 Å². The first-order chi connectivity index (χ1) is 32.2. The van der Waals surface area contributed by atoms with E-state index in [0.29, 0.717) is 67.6 Å². The van der Waals surface area contributed by atoms with E-state index in [9.17, 15) is 26.4 Å². The van der Waals surface area contributed by atoms with E-state index < -0.39 is 31.5 Å². The van der Waals surface area contributed by atoms with Crippen molar-refractivity contribution in [1.82, 2.24) is 45.5 Å². The number of nitrogens with two attached hydrogens (primary N) is 1. The van der Waals surface area contributed by atoms with Crippen molar-refractivity contribution in [3.05, 3.63) is 108 Å². The summed E-state index contributed by atoms with van der Waals surface area (Å²) in [6.07, 6.45) is 7.37. The predicted octanol–water partition coefficient (Wildman–Crippen LogP) is 7.53. The Labute approximate surface area is 428 Å². The minimum atomic E-state index is -3.46. The molecule has 68 heavy (non-hydrogen) atoms. The van der Waals surface area contributed by atoms with Crippen LogP contribution in [-0.4, -0.2) is 129 Å². The first-order valence-corrected chi connectivity index (χ1v) is 27.6. The van der Waals surface area contributed by atoms with E-state index >= 15 is 0 Å². The standard InChI is InChI=1S/C20H20Cl2N6O3S3.C16H8Cl2N4O3S3.C4H12N2/c1-28(2)6-5-24-15-10-34(30,31)16-7-11(3-4-12(15)16)25-18(29)19-26-27-20(33-19)32-17-13(21)8-23-9-14(17)22;17-10-6-19-7-11(18)13(10)26-16-22-21-15(27-16)14(23)20-9-2-1-8-3-4-28(24,25)12(8)5-9;1-6(2)4-3-5/h3-4,7-9,15,24H,5-6,10H2,1-2H3,(H,25,29);1-7H,(H,20,23);3-5H2,1-2H3. The van der Waals surface area contributed by atoms with E-state index in [2.05, 4.69) is 51.2 Å². The highest BCUT2D eigenvalue weighted by molar-refractivity contribution is 8.01. The molecule has 4 aromatic heterocycles. The summed E-state index contributed by atoms with van der Waals surface area (Å²) in [6, 6.07) is 9.29. The molecule has 2 aromatic carbocycles. The molecule has 0 saturated carbocycles. The van der Waals surface area contributed by atoms with Crippen molar-refractivity contribution >= 4 is 142 Å². The molecule has 1 atom stereocenters. The topological polar surface area (TPSA) is 248 Å². The Hall–Kier alpha value is -3.86. The number of amides is 2. The summed E-state index contributed by atoms with van der Waals surface area (Å²) in [7, 11) is 1.02. The number of carbonyl (C=O) groups excluding carboxylic acids is 2. The Balaban J connectivity index is 0.000000203. The summed E-state index contributed by atoms with van der Waals surface area (Å²) in [5.74, 6) is -1.00. The maximum absolute atomic E-state index is 12.7. The molecule has 5 N–H and O–H groups in total. The summed E-state index contributed by atoms with van der Waals surface area (Å²) in [5, 5.41) is 27.2. The van der Waals surface area contributed by atoms with Gasteiger partial charge in [0.1, 0.15) is 0 Å². The lowest BCUT2D eigenvalue weighted by molar-refractivity contribution is 0.101. The number of nitrogens with zero attached hydrogens (tertiary/aromatic N) is 8. The molecule has 2 amide bonds. The average molecular weight is 1120 g/mol. The van der Waals surface area contributed by atoms with Crippen molar-refractivity contribution in [1.29, 1.82) is 0 Å². The van der Waals surface area contributed by atoms with Crippen LogP contribution in [0.3, 0.4) is 0 Å². The molecule has 0 bridgehead atoms. The van der Waals surface area contributed by atoms with Crippen molar-refractivity contribution in [2.75, 3.05) is 70.8 Å². The highest BCUT2D eigenvalue weighted by atomic mass is 35.5. The quantitative estimate of drug-likeness (QED) is 0.0823. The molecule has 6 heterocycles. The lowest BCUT2D eigenvalue weighted by atomic mass is 10.1. The largest absolute Gasteiger partial charge is 0.329 e. The van der Waals surface area contributed by atoms with Crippen LogP contribution in [0.2, 0.25) is 20.1 Å². The molecular weight excluding hydrogens is 1080 g/mol. The highest BCUT2D eigenvalue weighted by Crippen LogP contribution is 2.41. The molecular formula is C40H40Cl4N12O6S6. The maximum Gasteiger partial charge on any atom is 0.286 e. The number of hydrogen-bond acceptors (Lipinski definition) is 20. The van der Waals surface area contributed by atoms with E-state index in [1.165, 1.54) is 66.5 Å². The summed E-state index contributed by atoms with van der Waals surface area (Å²) in [6.45, 7) is 3.20. The number of hydrogen-bond donors (Lipinski definition) is 4. The Bertz CT molecular complexity index is 3030. The lowest BCUT2D eigenvalue weighted by Gasteiger charge is -2.15. The Morgan fingerprint density at radius 3 is 1.68 bits per heavy atom. The van der Waals surface area contributed by atoms with Crippen molar-refractivity contribution in [3.63, 3.8) is 0 Å². The first kappa shape index (κ1) is 53.5. The fraction of sp³-hybridized carbons (Fsp3) is 0.250. The second-order valence-electron chi connectivity index (χ2n) is 14.8. The number of halogens is 4. The van der Waals surface area contributed by atoms with Gasteiger partial charge in [0, 0.05) is 73.8 Å². The number of fused-ring (bicyclic) bond motifs is 2. The third-order valence-corrected chi connectivity index (χ3v) is 18.2. The third-order valence-electron chi connectivity index (χ3n) is 9.10. The fourth-order valence-electron chi connectivity index (χ4n) is 5.91. The van der Waals surface area contributed by atoms with Gasteiger partial charge >= 0.3 is 0 Å². The van der Waals surface area contributed by atoms with Crippen LogP contribution in [0.15, 0.2) is 94.9 Å². The number of anilines is 2. The van der Waals surface area contributed by atoms with Gasteiger partial charge in [0.25, 0.3) is 11.8 Å². The molecule has 0 radical (unpaired) electrons. The zero-order chi connectivity index (χ0) is 49.3. The molecule has 1 unspecified atom stereocenters. The molecule has 2 aliphatic heterocycles. The minimum absolute atomic E-state index is 0.00965. The number of carbonyl (C=O) groups is 2. The van der Waals surface area contributed by atoms with Crippen molar-refractivity contribution in [2.24, 2.45) is 5.73 Å². The smallest absolute Gasteiger partial charge is 0.286 e. The van der Waals surface area contributed by atoms with Gasteiger partial charge in [-0.2, -0.15) is 0 Å². The molecule has 6 aromatic rings. The van der Waals surface area contributed by atoms with Crippen LogP contribution in [0.5, 0.6) is 0 Å².